The summed E-state index contributed by atoms with van der Waals surface area (Å²) in [5, 5.41) is 5.37. The van der Waals surface area contributed by atoms with Crippen LogP contribution in [0.2, 0.25) is 0 Å². The molecule has 0 fully saturated rings. The molecule has 4 aromatic rings. The van der Waals surface area contributed by atoms with Crippen LogP contribution in [0.1, 0.15) is 11.3 Å². The van der Waals surface area contributed by atoms with Crippen LogP contribution in [0.15, 0.2) is 64.3 Å². The molecular formula is C21H17IN2O4S. The van der Waals surface area contributed by atoms with Crippen molar-refractivity contribution in [3.8, 4) is 17.0 Å². The first-order valence-corrected chi connectivity index (χ1v) is 11.5. The minimum Gasteiger partial charge on any atom is -0.496 e. The van der Waals surface area contributed by atoms with E-state index >= 15 is 0 Å². The third kappa shape index (κ3) is 3.86. The van der Waals surface area contributed by atoms with Crippen molar-refractivity contribution in [1.82, 2.24) is 10.1 Å². The van der Waals surface area contributed by atoms with E-state index in [-0.39, 0.29) is 10.6 Å². The molecule has 4 rings (SSSR count). The molecule has 0 amide bonds. The Morgan fingerprint density at radius 3 is 2.69 bits per heavy atom. The number of methoxy groups -OCH3 is 1. The molecule has 0 aliphatic rings. The van der Waals surface area contributed by atoms with Gasteiger partial charge in [-0.3, -0.25) is 4.98 Å². The van der Waals surface area contributed by atoms with Crippen molar-refractivity contribution in [3.63, 3.8) is 0 Å². The van der Waals surface area contributed by atoms with Crippen molar-refractivity contribution in [1.29, 1.82) is 0 Å². The molecule has 29 heavy (non-hydrogen) atoms. The molecule has 0 spiro atoms. The number of aromatic nitrogens is 2. The summed E-state index contributed by atoms with van der Waals surface area (Å²) in [7, 11) is -1.90. The molecule has 0 unspecified atom stereocenters. The predicted octanol–water partition coefficient (Wildman–Crippen LogP) is 4.79. The molecule has 2 aromatic heterocycles. The van der Waals surface area contributed by atoms with Gasteiger partial charge in [-0.25, -0.2) is 8.42 Å². The Labute approximate surface area is 182 Å². The Morgan fingerprint density at radius 1 is 1.14 bits per heavy atom. The van der Waals surface area contributed by atoms with Crippen LogP contribution in [0.3, 0.4) is 0 Å². The van der Waals surface area contributed by atoms with Crippen molar-refractivity contribution in [2.75, 3.05) is 7.11 Å². The maximum Gasteiger partial charge on any atom is 0.184 e. The van der Waals surface area contributed by atoms with Gasteiger partial charge in [0.25, 0.3) is 0 Å². The van der Waals surface area contributed by atoms with Gasteiger partial charge in [-0.05, 0) is 70.8 Å². The number of benzene rings is 2. The Morgan fingerprint density at radius 2 is 1.97 bits per heavy atom. The number of halogens is 1. The molecule has 148 valence electrons. The second-order valence-electron chi connectivity index (χ2n) is 6.59. The van der Waals surface area contributed by atoms with Crippen LogP contribution >= 0.6 is 22.6 Å². The monoisotopic (exact) mass is 520 g/mol. The third-order valence-electron chi connectivity index (χ3n) is 4.68. The number of aryl methyl sites for hydroxylation is 1. The van der Waals surface area contributed by atoms with E-state index in [1.807, 2.05) is 25.1 Å². The smallest absolute Gasteiger partial charge is 0.184 e. The summed E-state index contributed by atoms with van der Waals surface area (Å²) in [4.78, 5) is 4.80. The maximum atomic E-state index is 12.8. The lowest BCUT2D eigenvalue weighted by Crippen LogP contribution is -2.05. The number of nitrogens with zero attached hydrogens (tertiary/aromatic N) is 2. The zero-order valence-electron chi connectivity index (χ0n) is 15.7. The highest BCUT2D eigenvalue weighted by Crippen LogP contribution is 2.35. The molecule has 0 aliphatic carbocycles. The molecular weight excluding hydrogens is 503 g/mol. The number of pyridine rings is 1. The molecule has 8 heteroatoms. The SMILES string of the molecule is COc1cc(-c2nccc3cc(S(=O)(=O)Cc4ccon4)ccc23)c(C)cc1I. The highest BCUT2D eigenvalue weighted by molar-refractivity contribution is 14.1. The predicted molar refractivity (Wildman–Crippen MR) is 119 cm³/mol. The summed E-state index contributed by atoms with van der Waals surface area (Å²) in [5.41, 5.74) is 3.18. The quantitative estimate of drug-likeness (QED) is 0.352. The molecule has 2 aromatic carbocycles. The normalized spacial score (nSPS) is 11.7. The molecule has 0 N–H and O–H groups in total. The van der Waals surface area contributed by atoms with E-state index < -0.39 is 9.84 Å². The van der Waals surface area contributed by atoms with E-state index in [9.17, 15) is 8.42 Å². The van der Waals surface area contributed by atoms with Crippen LogP contribution in [-0.4, -0.2) is 25.7 Å². The lowest BCUT2D eigenvalue weighted by Gasteiger charge is -2.13. The average Bonchev–Trinajstić information content (AvgIpc) is 3.20. The van der Waals surface area contributed by atoms with Gasteiger partial charge in [-0.2, -0.15) is 0 Å². The van der Waals surface area contributed by atoms with Crippen LogP contribution in [0.25, 0.3) is 22.0 Å². The molecule has 6 nitrogen and oxygen atoms in total. The fourth-order valence-corrected chi connectivity index (χ4v) is 5.35. The molecule has 0 radical (unpaired) electrons. The first-order chi connectivity index (χ1) is 13.9. The summed E-state index contributed by atoms with van der Waals surface area (Å²) in [5.74, 6) is 0.567. The van der Waals surface area contributed by atoms with Crippen molar-refractivity contribution in [2.45, 2.75) is 17.6 Å². The summed E-state index contributed by atoms with van der Waals surface area (Å²) >= 11 is 2.24. The Balaban J connectivity index is 1.82. The van der Waals surface area contributed by atoms with Gasteiger partial charge in [-0.1, -0.05) is 11.2 Å². The van der Waals surface area contributed by atoms with Crippen molar-refractivity contribution in [2.24, 2.45) is 0 Å². The van der Waals surface area contributed by atoms with Crippen molar-refractivity contribution in [3.05, 3.63) is 69.8 Å². The second kappa shape index (κ2) is 7.75. The van der Waals surface area contributed by atoms with Gasteiger partial charge in [0.1, 0.15) is 17.8 Å². The minimum absolute atomic E-state index is 0.208. The van der Waals surface area contributed by atoms with E-state index in [1.54, 1.807) is 37.6 Å². The summed E-state index contributed by atoms with van der Waals surface area (Å²) in [6.07, 6.45) is 3.05. The van der Waals surface area contributed by atoms with Crippen LogP contribution in [0.4, 0.5) is 0 Å². The fourth-order valence-electron chi connectivity index (χ4n) is 3.22. The number of sulfone groups is 1. The average molecular weight is 520 g/mol. The first kappa shape index (κ1) is 19.8. The highest BCUT2D eigenvalue weighted by atomic mass is 127. The standard InChI is InChI=1S/C21H17IN2O4S/c1-13-9-19(22)20(27-2)11-18(13)21-17-4-3-16(10-14(17)5-7-23-21)29(25,26)12-15-6-8-28-24-15/h3-11H,12H2,1-2H3. The molecule has 2 heterocycles. The van der Waals surface area contributed by atoms with E-state index in [2.05, 4.69) is 32.7 Å². The van der Waals surface area contributed by atoms with Gasteiger partial charge < -0.3 is 9.26 Å². The molecule has 0 saturated heterocycles. The topological polar surface area (TPSA) is 82.3 Å². The maximum absolute atomic E-state index is 12.8. The number of hydrogen-bond acceptors (Lipinski definition) is 6. The van der Waals surface area contributed by atoms with E-state index in [4.69, 9.17) is 9.26 Å². The number of fused-ring (bicyclic) bond motifs is 1. The molecule has 0 bridgehead atoms. The zero-order chi connectivity index (χ0) is 20.6. The van der Waals surface area contributed by atoms with E-state index in [0.717, 1.165) is 36.9 Å². The number of ether oxygens (including phenoxy) is 1. The molecule has 0 atom stereocenters. The molecule has 0 saturated carbocycles. The van der Waals surface area contributed by atoms with Gasteiger partial charge in [0, 0.05) is 23.2 Å². The third-order valence-corrected chi connectivity index (χ3v) is 7.17. The Hall–Kier alpha value is -2.46. The van der Waals surface area contributed by atoms with Crippen molar-refractivity contribution >= 4 is 43.2 Å². The van der Waals surface area contributed by atoms with Crippen LogP contribution in [0.5, 0.6) is 5.75 Å². The van der Waals surface area contributed by atoms with E-state index in [0.29, 0.717) is 5.69 Å². The highest BCUT2D eigenvalue weighted by Gasteiger charge is 2.19. The molecule has 0 aliphatic heterocycles. The van der Waals surface area contributed by atoms with Crippen LogP contribution in [0, 0.1) is 10.5 Å². The van der Waals surface area contributed by atoms with Gasteiger partial charge in [0.05, 0.1) is 27.0 Å². The number of rotatable bonds is 5. The lowest BCUT2D eigenvalue weighted by molar-refractivity contribution is 0.412. The summed E-state index contributed by atoms with van der Waals surface area (Å²) < 4.78 is 36.7. The second-order valence-corrected chi connectivity index (χ2v) is 9.75. The van der Waals surface area contributed by atoms with Crippen LogP contribution in [-0.2, 0) is 15.6 Å². The Bertz CT molecular complexity index is 1300. The van der Waals surface area contributed by atoms with Gasteiger partial charge in [0.2, 0.25) is 0 Å². The first-order valence-electron chi connectivity index (χ1n) is 8.74. The van der Waals surface area contributed by atoms with Gasteiger partial charge in [-0.15, -0.1) is 0 Å². The van der Waals surface area contributed by atoms with Gasteiger partial charge in [0.15, 0.2) is 9.84 Å². The van der Waals surface area contributed by atoms with Crippen LogP contribution < -0.4 is 4.74 Å². The van der Waals surface area contributed by atoms with E-state index in [1.165, 1.54) is 6.26 Å². The summed E-state index contributed by atoms with van der Waals surface area (Å²) in [6.45, 7) is 2.02. The largest absolute Gasteiger partial charge is 0.496 e. The number of hydrogen-bond donors (Lipinski definition) is 0. The fraction of sp³-hybridized carbons (Fsp3) is 0.143. The lowest BCUT2D eigenvalue weighted by atomic mass is 10.00. The van der Waals surface area contributed by atoms with Gasteiger partial charge >= 0.3 is 0 Å². The minimum atomic E-state index is -3.54. The zero-order valence-corrected chi connectivity index (χ0v) is 18.7. The summed E-state index contributed by atoms with van der Waals surface area (Å²) in [6, 6.07) is 12.5. The Kier molecular flexibility index (Phi) is 5.30. The van der Waals surface area contributed by atoms with Crippen molar-refractivity contribution < 1.29 is 17.7 Å².